The molecule has 0 radical (unpaired) electrons. The number of fused-ring (bicyclic) bond motifs is 3. The van der Waals surface area contributed by atoms with Crippen LogP contribution in [0.15, 0.2) is 140 Å². The molecule has 2 fully saturated rings. The highest BCUT2D eigenvalue weighted by Gasteiger charge is 2.71. The maximum atomic E-state index is 14.9. The monoisotopic (exact) mass is 610 g/mol. The van der Waals surface area contributed by atoms with Gasteiger partial charge in [0.15, 0.2) is 0 Å². The second-order valence-electron chi connectivity index (χ2n) is 12.1. The molecule has 0 saturated carbocycles. The molecule has 3 aliphatic rings. The molecule has 6 heteroatoms. The van der Waals surface area contributed by atoms with E-state index in [1.165, 1.54) is 0 Å². The van der Waals surface area contributed by atoms with Crippen molar-refractivity contribution >= 4 is 29.2 Å². The predicted octanol–water partition coefficient (Wildman–Crippen LogP) is 7.85. The third-order valence-electron chi connectivity index (χ3n) is 9.84. The number of esters is 1. The Bertz CT molecular complexity index is 1870. The van der Waals surface area contributed by atoms with E-state index in [0.29, 0.717) is 17.1 Å². The fraction of sp³-hybridized carbons (Fsp3) is 0.179. The van der Waals surface area contributed by atoms with E-state index in [0.717, 1.165) is 27.8 Å². The number of anilines is 1. The van der Waals surface area contributed by atoms with Crippen molar-refractivity contribution in [3.63, 3.8) is 0 Å². The molecule has 5 aromatic carbocycles. The largest absolute Gasteiger partial charge is 0.454 e. The summed E-state index contributed by atoms with van der Waals surface area (Å²) in [5.74, 6) is -0.882. The van der Waals surface area contributed by atoms with Gasteiger partial charge in [-0.2, -0.15) is 0 Å². The minimum absolute atomic E-state index is 0.125. The maximum absolute atomic E-state index is 14.9. The molecular weight excluding hydrogens is 580 g/mol. The van der Waals surface area contributed by atoms with E-state index in [1.807, 2.05) is 103 Å². The lowest BCUT2D eigenvalue weighted by Crippen LogP contribution is -2.51. The average Bonchev–Trinajstić information content (AvgIpc) is 3.53. The van der Waals surface area contributed by atoms with Gasteiger partial charge in [0.2, 0.25) is 5.91 Å². The van der Waals surface area contributed by atoms with E-state index < -0.39 is 29.5 Å². The summed E-state index contributed by atoms with van der Waals surface area (Å²) >= 11 is 6.49. The molecule has 222 valence electrons. The minimum atomic E-state index is -1.11. The molecule has 3 heterocycles. The van der Waals surface area contributed by atoms with Gasteiger partial charge in [-0.25, -0.2) is 0 Å². The Hall–Kier alpha value is -4.71. The lowest BCUT2D eigenvalue weighted by Gasteiger charge is -2.46. The minimum Gasteiger partial charge on any atom is -0.454 e. The van der Waals surface area contributed by atoms with Crippen molar-refractivity contribution < 1.29 is 14.3 Å². The van der Waals surface area contributed by atoms with Crippen molar-refractivity contribution in [3.8, 4) is 0 Å². The third kappa shape index (κ3) is 4.33. The standard InChI is InChI=1S/C39H31ClN2O3/c40-29-21-22-30-32(24-29)41-38(44)39(30)31(23-25-13-5-1-6-14-25)34-37(43)45-35(27-17-9-3-10-18-27)33(26-15-7-2-8-16-26)42(34)36(39)28-19-11-4-12-20-28/h1-22,24,31,33-36H,23H2,(H,41,44)/t31?,33-,34-,35+,36-,39-/m1/s1. The summed E-state index contributed by atoms with van der Waals surface area (Å²) in [6.07, 6.45) is -0.0711. The SMILES string of the molecule is O=C1O[C@@H](c2ccccc2)[C@@H](c2ccccc2)N2[C@@H]1C(Cc1ccccc1)[C@@]1(C(=O)Nc3cc(Cl)ccc31)[C@H]2c1ccccc1. The van der Waals surface area contributed by atoms with E-state index in [4.69, 9.17) is 16.3 Å². The van der Waals surface area contributed by atoms with Crippen LogP contribution in [-0.2, 0) is 26.2 Å². The number of hydrogen-bond donors (Lipinski definition) is 1. The highest BCUT2D eigenvalue weighted by atomic mass is 35.5. The van der Waals surface area contributed by atoms with Gasteiger partial charge in [-0.3, -0.25) is 14.5 Å². The number of cyclic esters (lactones) is 1. The Balaban J connectivity index is 1.44. The highest BCUT2D eigenvalue weighted by Crippen LogP contribution is 2.65. The number of ether oxygens (including phenoxy) is 1. The van der Waals surface area contributed by atoms with Crippen LogP contribution < -0.4 is 5.32 Å². The fourth-order valence-corrected chi connectivity index (χ4v) is 8.33. The molecule has 1 amide bonds. The van der Waals surface area contributed by atoms with Gasteiger partial charge in [-0.1, -0.05) is 139 Å². The predicted molar refractivity (Wildman–Crippen MR) is 175 cm³/mol. The van der Waals surface area contributed by atoms with Crippen molar-refractivity contribution in [3.05, 3.63) is 172 Å². The van der Waals surface area contributed by atoms with Crippen molar-refractivity contribution in [1.29, 1.82) is 0 Å². The van der Waals surface area contributed by atoms with E-state index in [1.54, 1.807) is 0 Å². The lowest BCUT2D eigenvalue weighted by molar-refractivity contribution is -0.177. The summed E-state index contributed by atoms with van der Waals surface area (Å²) in [5, 5.41) is 3.75. The Morgan fingerprint density at radius 2 is 1.27 bits per heavy atom. The van der Waals surface area contributed by atoms with Crippen LogP contribution in [0.3, 0.4) is 0 Å². The molecule has 2 saturated heterocycles. The van der Waals surface area contributed by atoms with Gasteiger partial charge in [0.25, 0.3) is 0 Å². The van der Waals surface area contributed by atoms with E-state index in [9.17, 15) is 9.59 Å². The van der Waals surface area contributed by atoms with Gasteiger partial charge in [0, 0.05) is 16.6 Å². The summed E-state index contributed by atoms with van der Waals surface area (Å²) in [5.41, 5.74) is 4.40. The second kappa shape index (κ2) is 11.0. The van der Waals surface area contributed by atoms with Crippen LogP contribution in [0.25, 0.3) is 0 Å². The molecule has 1 spiro atoms. The quantitative estimate of drug-likeness (QED) is 0.206. The van der Waals surface area contributed by atoms with Crippen LogP contribution >= 0.6 is 11.6 Å². The summed E-state index contributed by atoms with van der Waals surface area (Å²) in [7, 11) is 0. The molecule has 0 aromatic heterocycles. The maximum Gasteiger partial charge on any atom is 0.324 e. The van der Waals surface area contributed by atoms with Gasteiger partial charge in [-0.15, -0.1) is 0 Å². The molecule has 1 N–H and O–H groups in total. The van der Waals surface area contributed by atoms with Crippen LogP contribution in [0, 0.1) is 5.92 Å². The first kappa shape index (κ1) is 27.8. The second-order valence-corrected chi connectivity index (χ2v) is 12.6. The third-order valence-corrected chi connectivity index (χ3v) is 10.1. The number of nitrogens with one attached hydrogen (secondary N) is 1. The van der Waals surface area contributed by atoms with Gasteiger partial charge in [0.1, 0.15) is 17.6 Å². The Morgan fingerprint density at radius 3 is 1.91 bits per heavy atom. The van der Waals surface area contributed by atoms with Crippen LogP contribution in [0.4, 0.5) is 5.69 Å². The number of rotatable bonds is 5. The first-order valence-corrected chi connectivity index (χ1v) is 15.7. The Kier molecular flexibility index (Phi) is 6.81. The number of hydrogen-bond acceptors (Lipinski definition) is 4. The van der Waals surface area contributed by atoms with Crippen LogP contribution in [0.1, 0.15) is 46.0 Å². The van der Waals surface area contributed by atoms with E-state index in [-0.39, 0.29) is 17.9 Å². The molecule has 0 aliphatic carbocycles. The number of halogens is 1. The molecule has 1 unspecified atom stereocenters. The molecule has 6 atom stereocenters. The van der Waals surface area contributed by atoms with Gasteiger partial charge in [-0.05, 0) is 46.4 Å². The summed E-state index contributed by atoms with van der Waals surface area (Å²) < 4.78 is 6.52. The number of nitrogens with zero attached hydrogens (tertiary/aromatic N) is 1. The number of benzene rings is 5. The molecule has 0 bridgehead atoms. The fourth-order valence-electron chi connectivity index (χ4n) is 8.16. The van der Waals surface area contributed by atoms with Crippen molar-refractivity contribution in [2.45, 2.75) is 36.1 Å². The first-order chi connectivity index (χ1) is 22.1. The zero-order chi connectivity index (χ0) is 30.5. The van der Waals surface area contributed by atoms with Crippen molar-refractivity contribution in [2.75, 3.05) is 5.32 Å². The Labute approximate surface area is 267 Å². The smallest absolute Gasteiger partial charge is 0.324 e. The lowest BCUT2D eigenvalue weighted by atomic mass is 9.64. The number of carbonyl (C=O) groups excluding carboxylic acids is 2. The molecule has 45 heavy (non-hydrogen) atoms. The van der Waals surface area contributed by atoms with Gasteiger partial charge >= 0.3 is 5.97 Å². The normalized spacial score (nSPS) is 27.1. The van der Waals surface area contributed by atoms with Crippen LogP contribution in [-0.4, -0.2) is 22.8 Å². The Morgan fingerprint density at radius 1 is 0.689 bits per heavy atom. The molecular formula is C39H31ClN2O3. The summed E-state index contributed by atoms with van der Waals surface area (Å²) in [6, 6.07) is 44.5. The van der Waals surface area contributed by atoms with Crippen LogP contribution in [0.2, 0.25) is 5.02 Å². The number of morpholine rings is 1. The molecule has 5 nitrogen and oxygen atoms in total. The van der Waals surface area contributed by atoms with Crippen molar-refractivity contribution in [2.24, 2.45) is 5.92 Å². The van der Waals surface area contributed by atoms with Gasteiger partial charge in [0.05, 0.1) is 12.1 Å². The highest BCUT2D eigenvalue weighted by molar-refractivity contribution is 6.31. The van der Waals surface area contributed by atoms with Gasteiger partial charge < -0.3 is 10.1 Å². The molecule has 5 aromatic rings. The van der Waals surface area contributed by atoms with E-state index >= 15 is 0 Å². The average molecular weight is 611 g/mol. The zero-order valence-corrected chi connectivity index (χ0v) is 25.2. The molecule has 3 aliphatic heterocycles. The van der Waals surface area contributed by atoms with E-state index in [2.05, 4.69) is 46.6 Å². The number of carbonyl (C=O) groups is 2. The number of amides is 1. The molecule has 8 rings (SSSR count). The van der Waals surface area contributed by atoms with Crippen molar-refractivity contribution in [1.82, 2.24) is 4.90 Å². The topological polar surface area (TPSA) is 58.6 Å². The first-order valence-electron chi connectivity index (χ1n) is 15.4. The summed E-state index contributed by atoms with van der Waals surface area (Å²) in [6.45, 7) is 0. The summed E-state index contributed by atoms with van der Waals surface area (Å²) in [4.78, 5) is 31.8. The van der Waals surface area contributed by atoms with Crippen LogP contribution in [0.5, 0.6) is 0 Å². The zero-order valence-electron chi connectivity index (χ0n) is 24.4.